The van der Waals surface area contributed by atoms with E-state index in [2.05, 4.69) is 0 Å². The van der Waals surface area contributed by atoms with Crippen molar-refractivity contribution in [1.82, 2.24) is 0 Å². The zero-order valence-corrected chi connectivity index (χ0v) is 11.1. The van der Waals surface area contributed by atoms with Gasteiger partial charge in [0, 0.05) is 12.1 Å². The lowest BCUT2D eigenvalue weighted by atomic mass is 10.2. The van der Waals surface area contributed by atoms with E-state index in [9.17, 15) is 10.1 Å². The minimum atomic E-state index is -0.552. The molecule has 0 unspecified atom stereocenters. The average Bonchev–Trinajstić information content (AvgIpc) is 2.52. The summed E-state index contributed by atoms with van der Waals surface area (Å²) in [7, 11) is 0. The second-order valence-electron chi connectivity index (χ2n) is 4.06. The second kappa shape index (κ2) is 6.91. The van der Waals surface area contributed by atoms with Gasteiger partial charge in [0.2, 0.25) is 0 Å². The number of ether oxygens (including phenoxy) is 2. The number of para-hydroxylation sites is 1. The molecular weight excluding hydrogens is 272 g/mol. The molecule has 6 heteroatoms. The van der Waals surface area contributed by atoms with Gasteiger partial charge in [-0.3, -0.25) is 10.1 Å². The van der Waals surface area contributed by atoms with Crippen molar-refractivity contribution in [3.63, 3.8) is 0 Å². The zero-order valence-electron chi connectivity index (χ0n) is 11.1. The van der Waals surface area contributed by atoms with Gasteiger partial charge in [0.25, 0.3) is 5.69 Å². The molecule has 2 aromatic rings. The molecule has 0 aromatic heterocycles. The Morgan fingerprint density at radius 3 is 2.48 bits per heavy atom. The number of nitriles is 1. The van der Waals surface area contributed by atoms with Crippen LogP contribution in [0.15, 0.2) is 48.5 Å². The minimum absolute atomic E-state index is 0.129. The molecule has 0 fully saturated rings. The average molecular weight is 284 g/mol. The standard InChI is InChI=1S/C15H12N2O4/c16-11-12-10-13(17(18)19)6-7-15(12)21-9-8-20-14-4-2-1-3-5-14/h1-7,10H,8-9H2. The highest BCUT2D eigenvalue weighted by Gasteiger charge is 2.11. The van der Waals surface area contributed by atoms with Crippen LogP contribution >= 0.6 is 0 Å². The molecule has 0 radical (unpaired) electrons. The van der Waals surface area contributed by atoms with E-state index in [0.717, 1.165) is 5.75 Å². The lowest BCUT2D eigenvalue weighted by Crippen LogP contribution is -2.09. The van der Waals surface area contributed by atoms with Crippen molar-refractivity contribution in [2.75, 3.05) is 13.2 Å². The highest BCUT2D eigenvalue weighted by molar-refractivity contribution is 5.50. The predicted molar refractivity (Wildman–Crippen MR) is 75.2 cm³/mol. The van der Waals surface area contributed by atoms with Gasteiger partial charge in [0.15, 0.2) is 0 Å². The second-order valence-corrected chi connectivity index (χ2v) is 4.06. The number of hydrogen-bond acceptors (Lipinski definition) is 5. The summed E-state index contributed by atoms with van der Waals surface area (Å²) in [6, 6.07) is 15.0. The fourth-order valence-corrected chi connectivity index (χ4v) is 1.67. The van der Waals surface area contributed by atoms with E-state index in [-0.39, 0.29) is 17.9 Å². The van der Waals surface area contributed by atoms with Crippen molar-refractivity contribution < 1.29 is 14.4 Å². The van der Waals surface area contributed by atoms with Crippen LogP contribution in [0, 0.1) is 21.4 Å². The Labute approximate surface area is 121 Å². The molecule has 0 bridgehead atoms. The highest BCUT2D eigenvalue weighted by atomic mass is 16.6. The molecule has 0 spiro atoms. The van der Waals surface area contributed by atoms with Crippen LogP contribution < -0.4 is 9.47 Å². The molecule has 0 aliphatic rings. The van der Waals surface area contributed by atoms with Crippen LogP contribution in [0.2, 0.25) is 0 Å². The maximum atomic E-state index is 10.6. The van der Waals surface area contributed by atoms with Crippen molar-refractivity contribution >= 4 is 5.69 Å². The largest absolute Gasteiger partial charge is 0.490 e. The monoisotopic (exact) mass is 284 g/mol. The van der Waals surface area contributed by atoms with E-state index in [1.165, 1.54) is 18.2 Å². The van der Waals surface area contributed by atoms with Crippen molar-refractivity contribution in [3.05, 3.63) is 64.2 Å². The number of non-ortho nitro benzene ring substituents is 1. The first-order valence-electron chi connectivity index (χ1n) is 6.20. The summed E-state index contributed by atoms with van der Waals surface area (Å²) in [6.45, 7) is 0.549. The summed E-state index contributed by atoms with van der Waals surface area (Å²) in [5, 5.41) is 19.6. The molecule has 0 heterocycles. The van der Waals surface area contributed by atoms with Crippen molar-refractivity contribution in [3.8, 4) is 17.6 Å². The van der Waals surface area contributed by atoms with E-state index in [0.29, 0.717) is 12.4 Å². The van der Waals surface area contributed by atoms with Gasteiger partial charge in [-0.15, -0.1) is 0 Å². The topological polar surface area (TPSA) is 85.4 Å². The first-order valence-corrected chi connectivity index (χ1v) is 6.20. The molecule has 21 heavy (non-hydrogen) atoms. The summed E-state index contributed by atoms with van der Waals surface area (Å²) >= 11 is 0. The lowest BCUT2D eigenvalue weighted by Gasteiger charge is -2.09. The van der Waals surface area contributed by atoms with Crippen molar-refractivity contribution in [2.24, 2.45) is 0 Å². The highest BCUT2D eigenvalue weighted by Crippen LogP contribution is 2.23. The van der Waals surface area contributed by atoms with Crippen LogP contribution in [0.5, 0.6) is 11.5 Å². The van der Waals surface area contributed by atoms with Crippen molar-refractivity contribution in [2.45, 2.75) is 0 Å². The quantitative estimate of drug-likeness (QED) is 0.462. The van der Waals surface area contributed by atoms with Gasteiger partial charge in [0.05, 0.1) is 4.92 Å². The number of benzene rings is 2. The van der Waals surface area contributed by atoms with Crippen LogP contribution in [-0.2, 0) is 0 Å². The van der Waals surface area contributed by atoms with Gasteiger partial charge in [-0.05, 0) is 18.2 Å². The van der Waals surface area contributed by atoms with Gasteiger partial charge >= 0.3 is 0 Å². The van der Waals surface area contributed by atoms with E-state index in [4.69, 9.17) is 14.7 Å². The summed E-state index contributed by atoms with van der Waals surface area (Å²) < 4.78 is 10.9. The Hall–Kier alpha value is -3.07. The van der Waals surface area contributed by atoms with Crippen LogP contribution in [0.25, 0.3) is 0 Å². The molecule has 0 aliphatic heterocycles. The van der Waals surface area contributed by atoms with Crippen LogP contribution in [-0.4, -0.2) is 18.1 Å². The summed E-state index contributed by atoms with van der Waals surface area (Å²) in [6.07, 6.45) is 0. The molecule has 2 rings (SSSR count). The van der Waals surface area contributed by atoms with E-state index in [1.54, 1.807) is 0 Å². The maximum Gasteiger partial charge on any atom is 0.271 e. The van der Waals surface area contributed by atoms with E-state index >= 15 is 0 Å². The fraction of sp³-hybridized carbons (Fsp3) is 0.133. The molecule has 6 nitrogen and oxygen atoms in total. The lowest BCUT2D eigenvalue weighted by molar-refractivity contribution is -0.384. The SMILES string of the molecule is N#Cc1cc([N+](=O)[O-])ccc1OCCOc1ccccc1. The molecule has 2 aromatic carbocycles. The first kappa shape index (κ1) is 14.3. The van der Waals surface area contributed by atoms with E-state index in [1.807, 2.05) is 36.4 Å². The van der Waals surface area contributed by atoms with Crippen molar-refractivity contribution in [1.29, 1.82) is 5.26 Å². The number of nitro groups is 1. The molecular formula is C15H12N2O4. The van der Waals surface area contributed by atoms with E-state index < -0.39 is 4.92 Å². The van der Waals surface area contributed by atoms with Crippen LogP contribution in [0.3, 0.4) is 0 Å². The minimum Gasteiger partial charge on any atom is -0.490 e. The number of rotatable bonds is 6. The zero-order chi connectivity index (χ0) is 15.1. The molecule has 0 aliphatic carbocycles. The first-order chi connectivity index (χ1) is 10.2. The summed E-state index contributed by atoms with van der Waals surface area (Å²) in [5.74, 6) is 1.03. The van der Waals surface area contributed by atoms with Crippen LogP contribution in [0.1, 0.15) is 5.56 Å². The number of nitro benzene ring substituents is 1. The van der Waals surface area contributed by atoms with Gasteiger partial charge in [-0.1, -0.05) is 18.2 Å². The Bertz CT molecular complexity index is 665. The Morgan fingerprint density at radius 1 is 1.10 bits per heavy atom. The number of hydrogen-bond donors (Lipinski definition) is 0. The molecule has 0 N–H and O–H groups in total. The third-order valence-corrected chi connectivity index (χ3v) is 2.65. The third kappa shape index (κ3) is 3.94. The molecule has 106 valence electrons. The van der Waals surface area contributed by atoms with Gasteiger partial charge in [-0.25, -0.2) is 0 Å². The molecule has 0 atom stereocenters. The number of nitrogens with zero attached hydrogens (tertiary/aromatic N) is 2. The van der Waals surface area contributed by atoms with Gasteiger partial charge < -0.3 is 9.47 Å². The summed E-state index contributed by atoms with van der Waals surface area (Å²) in [5.41, 5.74) is -0.0108. The van der Waals surface area contributed by atoms with Crippen LogP contribution in [0.4, 0.5) is 5.69 Å². The Balaban J connectivity index is 1.91. The summed E-state index contributed by atoms with van der Waals surface area (Å²) in [4.78, 5) is 10.1. The third-order valence-electron chi connectivity index (χ3n) is 2.65. The smallest absolute Gasteiger partial charge is 0.271 e. The fourth-order valence-electron chi connectivity index (χ4n) is 1.67. The van der Waals surface area contributed by atoms with Gasteiger partial charge in [0.1, 0.15) is 36.3 Å². The normalized spacial score (nSPS) is 9.67. The molecule has 0 saturated carbocycles. The molecule has 0 saturated heterocycles. The maximum absolute atomic E-state index is 10.6. The Kier molecular flexibility index (Phi) is 4.72. The Morgan fingerprint density at radius 2 is 1.81 bits per heavy atom. The predicted octanol–water partition coefficient (Wildman–Crippen LogP) is 2.92. The van der Waals surface area contributed by atoms with Gasteiger partial charge in [-0.2, -0.15) is 5.26 Å². The molecule has 0 amide bonds.